The Labute approximate surface area is 119 Å². The highest BCUT2D eigenvalue weighted by molar-refractivity contribution is 9.08. The highest BCUT2D eigenvalue weighted by Gasteiger charge is 2.31. The molecular weight excluding hydrogens is 288 g/mol. The van der Waals surface area contributed by atoms with Crippen LogP contribution in [0, 0.1) is 5.41 Å². The lowest BCUT2D eigenvalue weighted by atomic mass is 9.74. The van der Waals surface area contributed by atoms with E-state index in [9.17, 15) is 0 Å². The van der Waals surface area contributed by atoms with Crippen LogP contribution in [0.3, 0.4) is 0 Å². The topological polar surface area (TPSA) is 16.1 Å². The van der Waals surface area contributed by atoms with Crippen molar-refractivity contribution in [3.63, 3.8) is 0 Å². The maximum absolute atomic E-state index is 4.57. The van der Waals surface area contributed by atoms with Gasteiger partial charge in [-0.2, -0.15) is 0 Å². The van der Waals surface area contributed by atoms with Crippen LogP contribution in [0.1, 0.15) is 45.1 Å². The van der Waals surface area contributed by atoms with Crippen molar-refractivity contribution in [3.8, 4) is 0 Å². The van der Waals surface area contributed by atoms with Crippen molar-refractivity contribution in [1.82, 2.24) is 4.98 Å². The first kappa shape index (κ1) is 13.9. The number of alkyl halides is 1. The summed E-state index contributed by atoms with van der Waals surface area (Å²) in [7, 11) is 0. The summed E-state index contributed by atoms with van der Waals surface area (Å²) in [6, 6.07) is 4.32. The van der Waals surface area contributed by atoms with Crippen LogP contribution in [0.4, 0.5) is 5.82 Å². The van der Waals surface area contributed by atoms with Crippen LogP contribution < -0.4 is 4.90 Å². The molecule has 2 rings (SSSR count). The molecule has 2 heterocycles. The number of halogens is 1. The quantitative estimate of drug-likeness (QED) is 0.767. The summed E-state index contributed by atoms with van der Waals surface area (Å²) in [6.07, 6.45) is 7.22. The van der Waals surface area contributed by atoms with Crippen LogP contribution in [0.5, 0.6) is 0 Å². The average molecular weight is 311 g/mol. The Morgan fingerprint density at radius 1 is 1.22 bits per heavy atom. The van der Waals surface area contributed by atoms with E-state index in [0.717, 1.165) is 24.2 Å². The van der Waals surface area contributed by atoms with E-state index in [0.29, 0.717) is 5.41 Å². The normalized spacial score (nSPS) is 18.9. The smallest absolute Gasteiger partial charge is 0.128 e. The van der Waals surface area contributed by atoms with E-state index in [-0.39, 0.29) is 0 Å². The van der Waals surface area contributed by atoms with Gasteiger partial charge in [-0.3, -0.25) is 0 Å². The standard InChI is InChI=1S/C15H23BrN2/c1-3-15(4-2)7-9-18(10-8-15)14-6-5-13(11-16)12-17-14/h5-6,12H,3-4,7-11H2,1-2H3. The van der Waals surface area contributed by atoms with Crippen molar-refractivity contribution < 1.29 is 0 Å². The maximum Gasteiger partial charge on any atom is 0.128 e. The maximum atomic E-state index is 4.57. The number of piperidine rings is 1. The molecule has 1 aliphatic heterocycles. The van der Waals surface area contributed by atoms with Gasteiger partial charge in [0.05, 0.1) is 0 Å². The van der Waals surface area contributed by atoms with Gasteiger partial charge in [-0.25, -0.2) is 4.98 Å². The molecule has 3 heteroatoms. The SMILES string of the molecule is CCC1(CC)CCN(c2ccc(CBr)cn2)CC1. The Balaban J connectivity index is 2.00. The molecule has 1 aliphatic rings. The van der Waals surface area contributed by atoms with E-state index in [1.165, 1.54) is 31.2 Å². The van der Waals surface area contributed by atoms with Gasteiger partial charge in [-0.15, -0.1) is 0 Å². The second-order valence-corrected chi connectivity index (χ2v) is 5.91. The van der Waals surface area contributed by atoms with Crippen LogP contribution in [0.15, 0.2) is 18.3 Å². The molecule has 2 nitrogen and oxygen atoms in total. The molecule has 0 aliphatic carbocycles. The first-order chi connectivity index (χ1) is 8.73. The van der Waals surface area contributed by atoms with E-state index < -0.39 is 0 Å². The van der Waals surface area contributed by atoms with Gasteiger partial charge in [-0.05, 0) is 29.9 Å². The summed E-state index contributed by atoms with van der Waals surface area (Å²) in [4.78, 5) is 7.00. The largest absolute Gasteiger partial charge is 0.357 e. The Hall–Kier alpha value is -0.570. The van der Waals surface area contributed by atoms with Crippen molar-refractivity contribution in [2.24, 2.45) is 5.41 Å². The van der Waals surface area contributed by atoms with Crippen molar-refractivity contribution in [2.75, 3.05) is 18.0 Å². The molecule has 0 radical (unpaired) electrons. The third-order valence-corrected chi connectivity index (χ3v) is 5.26. The minimum atomic E-state index is 0.590. The number of anilines is 1. The summed E-state index contributed by atoms with van der Waals surface area (Å²) >= 11 is 3.46. The third-order valence-electron chi connectivity index (χ3n) is 4.61. The fourth-order valence-electron chi connectivity index (χ4n) is 2.85. The van der Waals surface area contributed by atoms with E-state index >= 15 is 0 Å². The molecule has 18 heavy (non-hydrogen) atoms. The zero-order valence-corrected chi connectivity index (χ0v) is 13.0. The fraction of sp³-hybridized carbons (Fsp3) is 0.667. The van der Waals surface area contributed by atoms with Crippen LogP contribution in [0.25, 0.3) is 0 Å². The molecule has 0 saturated carbocycles. The highest BCUT2D eigenvalue weighted by Crippen LogP contribution is 2.38. The second-order valence-electron chi connectivity index (χ2n) is 5.35. The van der Waals surface area contributed by atoms with Crippen LogP contribution in [0.2, 0.25) is 0 Å². The van der Waals surface area contributed by atoms with Crippen molar-refractivity contribution in [2.45, 2.75) is 44.9 Å². The predicted octanol–water partition coefficient (Wildman–Crippen LogP) is 4.38. The molecule has 100 valence electrons. The number of aromatic nitrogens is 1. The molecule has 0 spiro atoms. The molecule has 0 unspecified atom stereocenters. The summed E-state index contributed by atoms with van der Waals surface area (Å²) in [5.74, 6) is 1.14. The van der Waals surface area contributed by atoms with E-state index in [4.69, 9.17) is 0 Å². The van der Waals surface area contributed by atoms with E-state index in [1.807, 2.05) is 6.20 Å². The molecule has 0 amide bonds. The van der Waals surface area contributed by atoms with Crippen LogP contribution in [-0.4, -0.2) is 18.1 Å². The minimum Gasteiger partial charge on any atom is -0.357 e. The van der Waals surface area contributed by atoms with Crippen LogP contribution in [-0.2, 0) is 5.33 Å². The lowest BCUT2D eigenvalue weighted by molar-refractivity contribution is 0.199. The van der Waals surface area contributed by atoms with Gasteiger partial charge < -0.3 is 4.90 Å². The van der Waals surface area contributed by atoms with Crippen LogP contribution >= 0.6 is 15.9 Å². The number of hydrogen-bond acceptors (Lipinski definition) is 2. The minimum absolute atomic E-state index is 0.590. The third kappa shape index (κ3) is 2.87. The Kier molecular flexibility index (Phi) is 4.66. The highest BCUT2D eigenvalue weighted by atomic mass is 79.9. The number of hydrogen-bond donors (Lipinski definition) is 0. The predicted molar refractivity (Wildman–Crippen MR) is 81.3 cm³/mol. The molecule has 1 aromatic heterocycles. The lowest BCUT2D eigenvalue weighted by Crippen LogP contribution is -2.40. The zero-order chi connectivity index (χ0) is 13.0. The second kappa shape index (κ2) is 6.05. The molecule has 0 bridgehead atoms. The monoisotopic (exact) mass is 310 g/mol. The lowest BCUT2D eigenvalue weighted by Gasteiger charge is -2.41. The van der Waals surface area contributed by atoms with Gasteiger partial charge in [0, 0.05) is 24.6 Å². The number of rotatable bonds is 4. The molecule has 0 atom stereocenters. The Morgan fingerprint density at radius 2 is 1.89 bits per heavy atom. The summed E-state index contributed by atoms with van der Waals surface area (Å²) in [5.41, 5.74) is 1.83. The summed E-state index contributed by atoms with van der Waals surface area (Å²) < 4.78 is 0. The van der Waals surface area contributed by atoms with Gasteiger partial charge in [-0.1, -0.05) is 48.7 Å². The fourth-order valence-corrected chi connectivity index (χ4v) is 3.18. The van der Waals surface area contributed by atoms with Gasteiger partial charge in [0.1, 0.15) is 5.82 Å². The molecular formula is C15H23BrN2. The first-order valence-corrected chi connectivity index (χ1v) is 8.11. The Bertz CT molecular complexity index is 361. The van der Waals surface area contributed by atoms with E-state index in [2.05, 4.69) is 51.8 Å². The first-order valence-electron chi connectivity index (χ1n) is 6.99. The molecule has 1 fully saturated rings. The van der Waals surface area contributed by atoms with Gasteiger partial charge in [0.2, 0.25) is 0 Å². The molecule has 0 aromatic carbocycles. The van der Waals surface area contributed by atoms with E-state index in [1.54, 1.807) is 0 Å². The number of pyridine rings is 1. The molecule has 1 saturated heterocycles. The van der Waals surface area contributed by atoms with Gasteiger partial charge >= 0.3 is 0 Å². The summed E-state index contributed by atoms with van der Waals surface area (Å²) in [5, 5.41) is 0.884. The van der Waals surface area contributed by atoms with Crippen molar-refractivity contribution in [1.29, 1.82) is 0 Å². The zero-order valence-electron chi connectivity index (χ0n) is 11.5. The summed E-state index contributed by atoms with van der Waals surface area (Å²) in [6.45, 7) is 6.98. The van der Waals surface area contributed by atoms with Gasteiger partial charge in [0.25, 0.3) is 0 Å². The van der Waals surface area contributed by atoms with Crippen molar-refractivity contribution >= 4 is 21.7 Å². The number of nitrogens with zero attached hydrogens (tertiary/aromatic N) is 2. The van der Waals surface area contributed by atoms with Gasteiger partial charge in [0.15, 0.2) is 0 Å². The van der Waals surface area contributed by atoms with Crippen molar-refractivity contribution in [3.05, 3.63) is 23.9 Å². The molecule has 1 aromatic rings. The Morgan fingerprint density at radius 3 is 2.33 bits per heavy atom. The average Bonchev–Trinajstić information content (AvgIpc) is 2.47. The molecule has 0 N–H and O–H groups in total.